The van der Waals surface area contributed by atoms with Gasteiger partial charge in [0, 0.05) is 25.4 Å². The summed E-state index contributed by atoms with van der Waals surface area (Å²) in [5.74, 6) is -0.0478. The molecule has 0 radical (unpaired) electrons. The molecule has 29 heavy (non-hydrogen) atoms. The number of esters is 2. The fraction of sp³-hybridized carbons (Fsp3) is 0.913. The van der Waals surface area contributed by atoms with E-state index in [1.165, 1.54) is 6.92 Å². The molecule has 2 spiro atoms. The van der Waals surface area contributed by atoms with Crippen molar-refractivity contribution in [3.05, 3.63) is 0 Å². The summed E-state index contributed by atoms with van der Waals surface area (Å²) >= 11 is 0. The Balaban J connectivity index is 1.76. The van der Waals surface area contributed by atoms with Gasteiger partial charge in [-0.1, -0.05) is 34.1 Å². The molecule has 4 rings (SSSR count). The van der Waals surface area contributed by atoms with Crippen LogP contribution in [0.25, 0.3) is 0 Å². The van der Waals surface area contributed by atoms with Crippen LogP contribution in [0, 0.1) is 22.7 Å². The SMILES string of the molecule is CO[C@@H]1OC(=O)C[C@]12CC[C@@]1(O2)[C@H](C)C[C@@H](OC(C)=O)[C@H]2C(C)(C)CCC[C@@]21C. The van der Waals surface area contributed by atoms with Crippen molar-refractivity contribution in [2.75, 3.05) is 7.11 Å². The summed E-state index contributed by atoms with van der Waals surface area (Å²) in [4.78, 5) is 24.0. The molecule has 0 aromatic heterocycles. The number of hydrogen-bond donors (Lipinski definition) is 0. The van der Waals surface area contributed by atoms with Crippen LogP contribution in [-0.2, 0) is 28.5 Å². The molecule has 0 amide bonds. The molecular formula is C23H36O6. The first-order valence-electron chi connectivity index (χ1n) is 11.1. The number of ether oxygens (including phenoxy) is 4. The Morgan fingerprint density at radius 1 is 1.14 bits per heavy atom. The first-order valence-corrected chi connectivity index (χ1v) is 11.1. The Hall–Kier alpha value is -1.14. The number of carbonyl (C=O) groups excluding carboxylic acids is 2. The van der Waals surface area contributed by atoms with Gasteiger partial charge in [-0.2, -0.15) is 0 Å². The second kappa shape index (κ2) is 6.68. The number of carbonyl (C=O) groups is 2. The Bertz CT molecular complexity index is 703. The summed E-state index contributed by atoms with van der Waals surface area (Å²) in [6.07, 6.45) is 5.18. The van der Waals surface area contributed by atoms with Crippen LogP contribution in [0.5, 0.6) is 0 Å². The lowest BCUT2D eigenvalue weighted by Gasteiger charge is -2.65. The van der Waals surface area contributed by atoms with Crippen molar-refractivity contribution < 1.29 is 28.5 Å². The van der Waals surface area contributed by atoms with Crippen LogP contribution >= 0.6 is 0 Å². The van der Waals surface area contributed by atoms with Crippen LogP contribution in [0.15, 0.2) is 0 Å². The molecule has 6 heteroatoms. The van der Waals surface area contributed by atoms with Gasteiger partial charge in [0.1, 0.15) is 11.7 Å². The van der Waals surface area contributed by atoms with Gasteiger partial charge in [0.05, 0.1) is 12.0 Å². The number of hydrogen-bond acceptors (Lipinski definition) is 6. The minimum absolute atomic E-state index is 0.0437. The second-order valence-corrected chi connectivity index (χ2v) is 10.8. The fourth-order valence-electron chi connectivity index (χ4n) is 7.80. The lowest BCUT2D eigenvalue weighted by Crippen LogP contribution is -2.67. The smallest absolute Gasteiger partial charge is 0.311 e. The van der Waals surface area contributed by atoms with Gasteiger partial charge in [0.15, 0.2) is 0 Å². The standard InChI is InChI=1S/C23H36O6/c1-14-12-16(27-15(2)24)18-20(3,4)8-7-9-21(18,5)23(14)11-10-22(29-23)13-17(25)28-19(22)26-6/h14,16,18-19H,7-13H2,1-6H3/t14-,16-,18+,19-,21+,22-,23-/m1/s1. The van der Waals surface area contributed by atoms with Crippen molar-refractivity contribution >= 4 is 11.9 Å². The third kappa shape index (κ3) is 2.88. The van der Waals surface area contributed by atoms with E-state index >= 15 is 0 Å². The molecule has 7 atom stereocenters. The molecule has 2 aliphatic carbocycles. The van der Waals surface area contributed by atoms with Gasteiger partial charge in [0.2, 0.25) is 6.29 Å². The zero-order chi connectivity index (χ0) is 21.2. The maximum atomic E-state index is 12.1. The van der Waals surface area contributed by atoms with Gasteiger partial charge in [-0.3, -0.25) is 9.59 Å². The van der Waals surface area contributed by atoms with E-state index in [1.807, 2.05) is 0 Å². The van der Waals surface area contributed by atoms with Crippen molar-refractivity contribution in [1.82, 2.24) is 0 Å². The molecule has 4 fully saturated rings. The van der Waals surface area contributed by atoms with Gasteiger partial charge >= 0.3 is 11.9 Å². The zero-order valence-corrected chi connectivity index (χ0v) is 18.7. The molecule has 2 heterocycles. The third-order valence-electron chi connectivity index (χ3n) is 8.71. The first kappa shape index (κ1) is 21.1. The van der Waals surface area contributed by atoms with E-state index in [0.717, 1.165) is 38.5 Å². The van der Waals surface area contributed by atoms with Gasteiger partial charge in [-0.15, -0.1) is 0 Å². The second-order valence-electron chi connectivity index (χ2n) is 10.8. The minimum Gasteiger partial charge on any atom is -0.462 e. The van der Waals surface area contributed by atoms with Crippen LogP contribution < -0.4 is 0 Å². The van der Waals surface area contributed by atoms with Crippen LogP contribution in [0.2, 0.25) is 0 Å². The number of rotatable bonds is 2. The van der Waals surface area contributed by atoms with E-state index in [1.54, 1.807) is 7.11 Å². The van der Waals surface area contributed by atoms with Crippen molar-refractivity contribution in [3.8, 4) is 0 Å². The van der Waals surface area contributed by atoms with Crippen molar-refractivity contribution in [3.63, 3.8) is 0 Å². The Labute approximate surface area is 174 Å². The van der Waals surface area contributed by atoms with Gasteiger partial charge < -0.3 is 18.9 Å². The molecule has 2 saturated carbocycles. The van der Waals surface area contributed by atoms with Crippen LogP contribution in [0.1, 0.15) is 79.6 Å². The molecule has 0 aromatic carbocycles. The quantitative estimate of drug-likeness (QED) is 0.643. The molecule has 2 aliphatic heterocycles. The lowest BCUT2D eigenvalue weighted by molar-refractivity contribution is -0.293. The maximum Gasteiger partial charge on any atom is 0.311 e. The molecule has 0 aromatic rings. The Morgan fingerprint density at radius 3 is 2.52 bits per heavy atom. The first-order chi connectivity index (χ1) is 13.5. The molecule has 0 bridgehead atoms. The number of fused-ring (bicyclic) bond motifs is 2. The predicted molar refractivity (Wildman–Crippen MR) is 106 cm³/mol. The average Bonchev–Trinajstić information content (AvgIpc) is 3.13. The Morgan fingerprint density at radius 2 is 1.86 bits per heavy atom. The van der Waals surface area contributed by atoms with Gasteiger partial charge in [-0.05, 0) is 43.4 Å². The highest BCUT2D eigenvalue weighted by molar-refractivity contribution is 5.73. The van der Waals surface area contributed by atoms with Crippen molar-refractivity contribution in [2.24, 2.45) is 22.7 Å². The van der Waals surface area contributed by atoms with E-state index in [2.05, 4.69) is 27.7 Å². The highest BCUT2D eigenvalue weighted by Gasteiger charge is 2.72. The molecule has 2 saturated heterocycles. The summed E-state index contributed by atoms with van der Waals surface area (Å²) in [7, 11) is 1.58. The van der Waals surface area contributed by atoms with E-state index in [9.17, 15) is 9.59 Å². The highest BCUT2D eigenvalue weighted by Crippen LogP contribution is 2.69. The largest absolute Gasteiger partial charge is 0.462 e. The Kier molecular flexibility index (Phi) is 4.86. The summed E-state index contributed by atoms with van der Waals surface area (Å²) in [6, 6.07) is 0. The molecule has 6 nitrogen and oxygen atoms in total. The monoisotopic (exact) mass is 408 g/mol. The van der Waals surface area contributed by atoms with Crippen molar-refractivity contribution in [2.45, 2.75) is 103 Å². The summed E-state index contributed by atoms with van der Waals surface area (Å²) in [5, 5.41) is 0. The van der Waals surface area contributed by atoms with Crippen LogP contribution in [0.4, 0.5) is 0 Å². The van der Waals surface area contributed by atoms with E-state index < -0.39 is 11.9 Å². The van der Waals surface area contributed by atoms with Gasteiger partial charge in [-0.25, -0.2) is 0 Å². The predicted octanol–water partition coefficient (Wildman–Crippen LogP) is 4.00. The van der Waals surface area contributed by atoms with E-state index in [-0.39, 0.29) is 52.7 Å². The molecular weight excluding hydrogens is 372 g/mol. The number of methoxy groups -OCH3 is 1. The third-order valence-corrected chi connectivity index (χ3v) is 8.71. The summed E-state index contributed by atoms with van der Waals surface area (Å²) in [6.45, 7) is 10.7. The minimum atomic E-state index is -0.705. The summed E-state index contributed by atoms with van der Waals surface area (Å²) in [5.41, 5.74) is -1.19. The molecule has 164 valence electrons. The van der Waals surface area contributed by atoms with E-state index in [0.29, 0.717) is 0 Å². The summed E-state index contributed by atoms with van der Waals surface area (Å²) < 4.78 is 23.9. The van der Waals surface area contributed by atoms with Gasteiger partial charge in [0.25, 0.3) is 0 Å². The number of cyclic esters (lactones) is 1. The lowest BCUT2D eigenvalue weighted by atomic mass is 9.43. The molecule has 0 N–H and O–H groups in total. The van der Waals surface area contributed by atoms with Crippen molar-refractivity contribution in [1.29, 1.82) is 0 Å². The molecule has 0 unspecified atom stereocenters. The normalized spacial score (nSPS) is 48.6. The average molecular weight is 409 g/mol. The molecule has 4 aliphatic rings. The topological polar surface area (TPSA) is 71.1 Å². The maximum absolute atomic E-state index is 12.1. The van der Waals surface area contributed by atoms with Crippen LogP contribution in [-0.4, -0.2) is 42.6 Å². The fourth-order valence-corrected chi connectivity index (χ4v) is 7.80. The van der Waals surface area contributed by atoms with Crippen LogP contribution in [0.3, 0.4) is 0 Å². The highest BCUT2D eigenvalue weighted by atomic mass is 16.7. The van der Waals surface area contributed by atoms with E-state index in [4.69, 9.17) is 18.9 Å². The zero-order valence-electron chi connectivity index (χ0n) is 18.7.